The molecule has 0 radical (unpaired) electrons. The fourth-order valence-corrected chi connectivity index (χ4v) is 2.23. The van der Waals surface area contributed by atoms with Crippen LogP contribution < -0.4 is 16.8 Å². The molecule has 0 bridgehead atoms. The first-order valence-corrected chi connectivity index (χ1v) is 6.99. The van der Waals surface area contributed by atoms with Gasteiger partial charge in [-0.05, 0) is 30.2 Å². The van der Waals surface area contributed by atoms with Crippen LogP contribution >= 0.6 is 0 Å². The first-order chi connectivity index (χ1) is 10.5. The van der Waals surface area contributed by atoms with E-state index in [0.717, 1.165) is 11.1 Å². The maximum atomic E-state index is 12.4. The lowest BCUT2D eigenvalue weighted by molar-refractivity contribution is 0.0938. The summed E-state index contributed by atoms with van der Waals surface area (Å²) >= 11 is 0. The van der Waals surface area contributed by atoms with Gasteiger partial charge in [0.2, 0.25) is 5.91 Å². The van der Waals surface area contributed by atoms with Crippen LogP contribution in [0.3, 0.4) is 0 Å². The van der Waals surface area contributed by atoms with E-state index in [1.807, 2.05) is 30.3 Å². The summed E-state index contributed by atoms with van der Waals surface area (Å²) < 4.78 is 0. The van der Waals surface area contributed by atoms with Crippen LogP contribution in [0.5, 0.6) is 0 Å². The van der Waals surface area contributed by atoms with Crippen molar-refractivity contribution in [2.24, 2.45) is 11.5 Å². The van der Waals surface area contributed by atoms with Crippen LogP contribution in [-0.4, -0.2) is 18.4 Å². The van der Waals surface area contributed by atoms with E-state index in [0.29, 0.717) is 11.1 Å². The van der Waals surface area contributed by atoms with Gasteiger partial charge in [0.05, 0.1) is 6.04 Å². The minimum Gasteiger partial charge on any atom is -0.366 e. The molecule has 0 heterocycles. The number of hydrogen-bond acceptors (Lipinski definition) is 3. The molecule has 0 aromatic heterocycles. The molecule has 2 amide bonds. The molecule has 0 aliphatic carbocycles. The SMILES string of the molecule is Cc1ccc(C(=O)NC(CN)c2ccccc2)cc1C(N)=O. The topological polar surface area (TPSA) is 98.2 Å². The molecular weight excluding hydrogens is 278 g/mol. The molecule has 0 spiro atoms. The Morgan fingerprint density at radius 1 is 1.14 bits per heavy atom. The molecule has 0 saturated heterocycles. The Morgan fingerprint density at radius 3 is 2.41 bits per heavy atom. The smallest absolute Gasteiger partial charge is 0.251 e. The summed E-state index contributed by atoms with van der Waals surface area (Å²) in [6, 6.07) is 14.1. The zero-order valence-corrected chi connectivity index (χ0v) is 12.4. The van der Waals surface area contributed by atoms with Gasteiger partial charge in [0.25, 0.3) is 5.91 Å². The highest BCUT2D eigenvalue weighted by Crippen LogP contribution is 2.14. The van der Waals surface area contributed by atoms with Crippen LogP contribution in [0, 0.1) is 6.92 Å². The van der Waals surface area contributed by atoms with E-state index in [4.69, 9.17) is 11.5 Å². The van der Waals surface area contributed by atoms with E-state index in [-0.39, 0.29) is 18.5 Å². The van der Waals surface area contributed by atoms with Crippen molar-refractivity contribution in [3.8, 4) is 0 Å². The number of nitrogens with one attached hydrogen (secondary N) is 1. The maximum Gasteiger partial charge on any atom is 0.251 e. The van der Waals surface area contributed by atoms with Crippen molar-refractivity contribution in [2.45, 2.75) is 13.0 Å². The van der Waals surface area contributed by atoms with Gasteiger partial charge in [-0.25, -0.2) is 0 Å². The number of primary amides is 1. The number of nitrogens with two attached hydrogens (primary N) is 2. The van der Waals surface area contributed by atoms with Crippen molar-refractivity contribution in [3.05, 3.63) is 70.8 Å². The number of carbonyl (C=O) groups excluding carboxylic acids is 2. The van der Waals surface area contributed by atoms with E-state index in [1.54, 1.807) is 19.1 Å². The average molecular weight is 297 g/mol. The van der Waals surface area contributed by atoms with E-state index in [1.165, 1.54) is 6.07 Å². The molecule has 0 saturated carbocycles. The number of aryl methyl sites for hydroxylation is 1. The summed E-state index contributed by atoms with van der Waals surface area (Å²) in [7, 11) is 0. The second-order valence-electron chi connectivity index (χ2n) is 5.07. The fraction of sp³-hybridized carbons (Fsp3) is 0.176. The fourth-order valence-electron chi connectivity index (χ4n) is 2.23. The van der Waals surface area contributed by atoms with Gasteiger partial charge in [0, 0.05) is 17.7 Å². The standard InChI is InChI=1S/C17H19N3O2/c1-11-7-8-13(9-14(11)16(19)21)17(22)20-15(10-18)12-5-3-2-4-6-12/h2-9,15H,10,18H2,1H3,(H2,19,21)(H,20,22). The molecule has 1 unspecified atom stereocenters. The zero-order chi connectivity index (χ0) is 16.1. The maximum absolute atomic E-state index is 12.4. The first-order valence-electron chi connectivity index (χ1n) is 6.99. The summed E-state index contributed by atoms with van der Waals surface area (Å²) in [5, 5.41) is 2.87. The van der Waals surface area contributed by atoms with Crippen LogP contribution in [0.2, 0.25) is 0 Å². The van der Waals surface area contributed by atoms with Crippen molar-refractivity contribution in [2.75, 3.05) is 6.54 Å². The predicted molar refractivity (Wildman–Crippen MR) is 85.4 cm³/mol. The zero-order valence-electron chi connectivity index (χ0n) is 12.4. The molecular formula is C17H19N3O2. The summed E-state index contributed by atoms with van der Waals surface area (Å²) in [5.74, 6) is -0.840. The van der Waals surface area contributed by atoms with E-state index in [2.05, 4.69) is 5.32 Å². The number of rotatable bonds is 5. The Bertz CT molecular complexity index is 684. The predicted octanol–water partition coefficient (Wildman–Crippen LogP) is 1.52. The molecule has 0 aliphatic rings. The largest absolute Gasteiger partial charge is 0.366 e. The Kier molecular flexibility index (Phi) is 4.91. The molecule has 0 fully saturated rings. The third-order valence-electron chi connectivity index (χ3n) is 3.51. The van der Waals surface area contributed by atoms with Gasteiger partial charge in [-0.3, -0.25) is 9.59 Å². The Morgan fingerprint density at radius 2 is 1.82 bits per heavy atom. The molecule has 0 aliphatic heterocycles. The molecule has 114 valence electrons. The molecule has 1 atom stereocenters. The summed E-state index contributed by atoms with van der Waals surface area (Å²) in [6.07, 6.45) is 0. The minimum atomic E-state index is -0.550. The second kappa shape index (κ2) is 6.87. The monoisotopic (exact) mass is 297 g/mol. The average Bonchev–Trinajstić information content (AvgIpc) is 2.53. The van der Waals surface area contributed by atoms with Crippen LogP contribution in [0.1, 0.15) is 37.9 Å². The van der Waals surface area contributed by atoms with Crippen molar-refractivity contribution in [1.82, 2.24) is 5.32 Å². The third-order valence-corrected chi connectivity index (χ3v) is 3.51. The van der Waals surface area contributed by atoms with Gasteiger partial charge in [0.15, 0.2) is 0 Å². The second-order valence-corrected chi connectivity index (χ2v) is 5.07. The lowest BCUT2D eigenvalue weighted by Crippen LogP contribution is -2.33. The van der Waals surface area contributed by atoms with Crippen LogP contribution in [-0.2, 0) is 0 Å². The Balaban J connectivity index is 2.21. The minimum absolute atomic E-state index is 0.282. The molecule has 2 rings (SSSR count). The summed E-state index contributed by atoms with van der Waals surface area (Å²) in [4.78, 5) is 23.7. The number of carbonyl (C=O) groups is 2. The van der Waals surface area contributed by atoms with Crippen LogP contribution in [0.4, 0.5) is 0 Å². The van der Waals surface area contributed by atoms with Gasteiger partial charge in [0.1, 0.15) is 0 Å². The summed E-state index contributed by atoms with van der Waals surface area (Å²) in [5.41, 5.74) is 13.5. The van der Waals surface area contributed by atoms with Gasteiger partial charge in [-0.1, -0.05) is 36.4 Å². The third kappa shape index (κ3) is 3.51. The molecule has 5 nitrogen and oxygen atoms in total. The van der Waals surface area contributed by atoms with Crippen molar-refractivity contribution < 1.29 is 9.59 Å². The van der Waals surface area contributed by atoms with Crippen LogP contribution in [0.15, 0.2) is 48.5 Å². The highest BCUT2D eigenvalue weighted by atomic mass is 16.2. The Labute approximate surface area is 129 Å². The van der Waals surface area contributed by atoms with Gasteiger partial charge in [-0.2, -0.15) is 0 Å². The van der Waals surface area contributed by atoms with Gasteiger partial charge in [-0.15, -0.1) is 0 Å². The molecule has 5 heteroatoms. The van der Waals surface area contributed by atoms with Gasteiger partial charge < -0.3 is 16.8 Å². The number of amides is 2. The Hall–Kier alpha value is -2.66. The van der Waals surface area contributed by atoms with Crippen molar-refractivity contribution in [1.29, 1.82) is 0 Å². The lowest BCUT2D eigenvalue weighted by atomic mass is 10.0. The van der Waals surface area contributed by atoms with E-state index in [9.17, 15) is 9.59 Å². The lowest BCUT2D eigenvalue weighted by Gasteiger charge is -2.17. The van der Waals surface area contributed by atoms with E-state index >= 15 is 0 Å². The van der Waals surface area contributed by atoms with Crippen LogP contribution in [0.25, 0.3) is 0 Å². The van der Waals surface area contributed by atoms with Gasteiger partial charge >= 0.3 is 0 Å². The highest BCUT2D eigenvalue weighted by molar-refractivity contribution is 6.00. The van der Waals surface area contributed by atoms with Crippen molar-refractivity contribution in [3.63, 3.8) is 0 Å². The first kappa shape index (κ1) is 15.7. The number of hydrogen-bond donors (Lipinski definition) is 3. The number of benzene rings is 2. The van der Waals surface area contributed by atoms with Crippen molar-refractivity contribution >= 4 is 11.8 Å². The quantitative estimate of drug-likeness (QED) is 0.780. The molecule has 2 aromatic rings. The highest BCUT2D eigenvalue weighted by Gasteiger charge is 2.16. The van der Waals surface area contributed by atoms with E-state index < -0.39 is 5.91 Å². The molecule has 22 heavy (non-hydrogen) atoms. The molecule has 5 N–H and O–H groups in total. The molecule has 2 aromatic carbocycles. The summed E-state index contributed by atoms with van der Waals surface area (Å²) in [6.45, 7) is 2.05. The normalized spacial score (nSPS) is 11.7.